The molecule has 3 N–H and O–H groups in total. The Labute approximate surface area is 101 Å². The van der Waals surface area contributed by atoms with Crippen molar-refractivity contribution in [1.29, 1.82) is 0 Å². The second kappa shape index (κ2) is 7.27. The van der Waals surface area contributed by atoms with Gasteiger partial charge < -0.3 is 15.5 Å². The minimum Gasteiger partial charge on any atom is -0.481 e. The van der Waals surface area contributed by atoms with Crippen LogP contribution in [0.3, 0.4) is 0 Å². The predicted octanol–water partition coefficient (Wildman–Crippen LogP) is 1.33. The molecule has 0 bridgehead atoms. The van der Waals surface area contributed by atoms with Gasteiger partial charge in [0.05, 0.1) is 12.3 Å². The lowest BCUT2D eigenvalue weighted by Gasteiger charge is -2.13. The van der Waals surface area contributed by atoms with E-state index in [1.807, 2.05) is 0 Å². The van der Waals surface area contributed by atoms with Crippen molar-refractivity contribution in [3.05, 3.63) is 0 Å². The zero-order valence-corrected chi connectivity index (χ0v) is 10.0. The number of hydrogen-bond acceptors (Lipinski definition) is 3. The maximum Gasteiger partial charge on any atom is 0.308 e. The highest BCUT2D eigenvalue weighted by Crippen LogP contribution is 2.26. The van der Waals surface area contributed by atoms with E-state index in [9.17, 15) is 9.59 Å². The van der Waals surface area contributed by atoms with Gasteiger partial charge in [-0.2, -0.15) is 0 Å². The van der Waals surface area contributed by atoms with Gasteiger partial charge in [0.15, 0.2) is 0 Å². The topological polar surface area (TPSA) is 86.6 Å². The average Bonchev–Trinajstić information content (AvgIpc) is 2.74. The summed E-state index contributed by atoms with van der Waals surface area (Å²) in [7, 11) is 0. The largest absolute Gasteiger partial charge is 0.481 e. The van der Waals surface area contributed by atoms with Crippen LogP contribution in [-0.4, -0.2) is 35.2 Å². The summed E-state index contributed by atoms with van der Waals surface area (Å²) in [6.45, 7) is 1.03. The van der Waals surface area contributed by atoms with Crippen molar-refractivity contribution >= 4 is 11.9 Å². The molecule has 1 aliphatic carbocycles. The third kappa shape index (κ3) is 5.68. The summed E-state index contributed by atoms with van der Waals surface area (Å²) in [4.78, 5) is 21.2. The lowest BCUT2D eigenvalue weighted by atomic mass is 10.0. The van der Waals surface area contributed by atoms with Gasteiger partial charge in [-0.25, -0.2) is 0 Å². The van der Waals surface area contributed by atoms with Crippen LogP contribution in [0, 0.1) is 11.8 Å². The van der Waals surface area contributed by atoms with Gasteiger partial charge in [-0.15, -0.1) is 0 Å². The van der Waals surface area contributed by atoms with Gasteiger partial charge in [0.2, 0.25) is 0 Å². The highest BCUT2D eigenvalue weighted by molar-refractivity contribution is 5.77. The third-order valence-electron chi connectivity index (χ3n) is 3.37. The predicted molar refractivity (Wildman–Crippen MR) is 62.8 cm³/mol. The van der Waals surface area contributed by atoms with Crippen LogP contribution in [0.1, 0.15) is 38.5 Å². The molecule has 0 saturated heterocycles. The maximum atomic E-state index is 10.8. The van der Waals surface area contributed by atoms with Crippen molar-refractivity contribution in [2.75, 3.05) is 13.1 Å². The molecule has 0 aliphatic heterocycles. The monoisotopic (exact) mass is 243 g/mol. The lowest BCUT2D eigenvalue weighted by molar-refractivity contribution is -0.148. The van der Waals surface area contributed by atoms with E-state index in [2.05, 4.69) is 5.32 Å². The zero-order valence-electron chi connectivity index (χ0n) is 10.0. The fraction of sp³-hybridized carbons (Fsp3) is 0.833. The Morgan fingerprint density at radius 1 is 1.24 bits per heavy atom. The molecule has 0 aromatic carbocycles. The summed E-state index contributed by atoms with van der Waals surface area (Å²) in [6, 6.07) is 0. The van der Waals surface area contributed by atoms with Gasteiger partial charge in [-0.05, 0) is 18.9 Å². The van der Waals surface area contributed by atoms with Crippen molar-refractivity contribution in [1.82, 2.24) is 5.32 Å². The minimum absolute atomic E-state index is 0.244. The first-order valence-electron chi connectivity index (χ1n) is 6.25. The van der Waals surface area contributed by atoms with E-state index >= 15 is 0 Å². The second-order valence-electron chi connectivity index (χ2n) is 4.78. The van der Waals surface area contributed by atoms with Crippen LogP contribution >= 0.6 is 0 Å². The molecule has 0 aromatic heterocycles. The van der Waals surface area contributed by atoms with Gasteiger partial charge in [0.1, 0.15) is 0 Å². The van der Waals surface area contributed by atoms with Crippen molar-refractivity contribution < 1.29 is 19.8 Å². The highest BCUT2D eigenvalue weighted by Gasteiger charge is 2.20. The van der Waals surface area contributed by atoms with E-state index in [1.165, 1.54) is 25.7 Å². The average molecular weight is 243 g/mol. The van der Waals surface area contributed by atoms with Crippen LogP contribution in [0.2, 0.25) is 0 Å². The second-order valence-corrected chi connectivity index (χ2v) is 4.78. The third-order valence-corrected chi connectivity index (χ3v) is 3.37. The van der Waals surface area contributed by atoms with Crippen molar-refractivity contribution in [3.63, 3.8) is 0 Å². The summed E-state index contributed by atoms with van der Waals surface area (Å²) in [5.41, 5.74) is 0. The van der Waals surface area contributed by atoms with E-state index < -0.39 is 17.9 Å². The normalized spacial score (nSPS) is 18.1. The van der Waals surface area contributed by atoms with Gasteiger partial charge in [0.25, 0.3) is 0 Å². The van der Waals surface area contributed by atoms with Crippen molar-refractivity contribution in [2.45, 2.75) is 38.5 Å². The Hall–Kier alpha value is -1.10. The molecular weight excluding hydrogens is 222 g/mol. The van der Waals surface area contributed by atoms with Gasteiger partial charge in [0, 0.05) is 6.54 Å². The number of aliphatic carboxylic acids is 2. The van der Waals surface area contributed by atoms with Crippen LogP contribution in [0.15, 0.2) is 0 Å². The molecule has 0 radical (unpaired) electrons. The van der Waals surface area contributed by atoms with Crippen LogP contribution < -0.4 is 5.32 Å². The van der Waals surface area contributed by atoms with Gasteiger partial charge in [-0.3, -0.25) is 9.59 Å². The molecule has 1 rings (SSSR count). The Balaban J connectivity index is 2.13. The van der Waals surface area contributed by atoms with E-state index in [4.69, 9.17) is 10.2 Å². The zero-order chi connectivity index (χ0) is 12.7. The molecule has 1 fully saturated rings. The fourth-order valence-corrected chi connectivity index (χ4v) is 2.34. The van der Waals surface area contributed by atoms with E-state index in [-0.39, 0.29) is 13.0 Å². The van der Waals surface area contributed by atoms with Crippen LogP contribution in [0.25, 0.3) is 0 Å². The number of nitrogens with one attached hydrogen (secondary N) is 1. The Morgan fingerprint density at radius 3 is 2.41 bits per heavy atom. The number of hydrogen-bond donors (Lipinski definition) is 3. The standard InChI is InChI=1S/C12H21NO4/c14-11(15)7-10(12(16)17)8-13-6-5-9-3-1-2-4-9/h9-10,13H,1-8H2,(H,14,15)(H,16,17). The van der Waals surface area contributed by atoms with E-state index in [1.54, 1.807) is 0 Å². The van der Waals surface area contributed by atoms with Crippen molar-refractivity contribution in [2.24, 2.45) is 11.8 Å². The number of rotatable bonds is 8. The Kier molecular flexibility index (Phi) is 5.97. The molecule has 17 heavy (non-hydrogen) atoms. The molecule has 98 valence electrons. The molecule has 1 unspecified atom stereocenters. The van der Waals surface area contributed by atoms with Gasteiger partial charge >= 0.3 is 11.9 Å². The first kappa shape index (κ1) is 14.0. The summed E-state index contributed by atoms with van der Waals surface area (Å²) >= 11 is 0. The van der Waals surface area contributed by atoms with Crippen molar-refractivity contribution in [3.8, 4) is 0 Å². The summed E-state index contributed by atoms with van der Waals surface area (Å²) in [6.07, 6.45) is 5.92. The first-order chi connectivity index (χ1) is 8.09. The summed E-state index contributed by atoms with van der Waals surface area (Å²) in [5, 5.41) is 20.5. The molecule has 1 aliphatic rings. The Morgan fingerprint density at radius 2 is 1.88 bits per heavy atom. The quantitative estimate of drug-likeness (QED) is 0.560. The molecule has 0 heterocycles. The maximum absolute atomic E-state index is 10.8. The molecule has 5 heteroatoms. The Bertz CT molecular complexity index is 261. The van der Waals surface area contributed by atoms with Crippen LogP contribution in [0.5, 0.6) is 0 Å². The molecule has 0 aromatic rings. The highest BCUT2D eigenvalue weighted by atomic mass is 16.4. The first-order valence-corrected chi connectivity index (χ1v) is 6.25. The number of carboxylic acids is 2. The molecule has 1 atom stereocenters. The summed E-state index contributed by atoms with van der Waals surface area (Å²) in [5.74, 6) is -2.16. The molecule has 5 nitrogen and oxygen atoms in total. The fourth-order valence-electron chi connectivity index (χ4n) is 2.34. The number of carbonyl (C=O) groups is 2. The van der Waals surface area contributed by atoms with Gasteiger partial charge in [-0.1, -0.05) is 25.7 Å². The molecule has 1 saturated carbocycles. The van der Waals surface area contributed by atoms with Crippen LogP contribution in [-0.2, 0) is 9.59 Å². The molecule has 0 amide bonds. The number of carboxylic acid groups (broad SMARTS) is 2. The smallest absolute Gasteiger partial charge is 0.308 e. The lowest BCUT2D eigenvalue weighted by Crippen LogP contribution is -2.31. The molecular formula is C12H21NO4. The SMILES string of the molecule is O=C(O)CC(CNCCC1CCCC1)C(=O)O. The summed E-state index contributed by atoms with van der Waals surface area (Å²) < 4.78 is 0. The molecule has 0 spiro atoms. The van der Waals surface area contributed by atoms with E-state index in [0.29, 0.717) is 0 Å². The van der Waals surface area contributed by atoms with E-state index in [0.717, 1.165) is 18.9 Å². The van der Waals surface area contributed by atoms with Crippen LogP contribution in [0.4, 0.5) is 0 Å². The minimum atomic E-state index is -1.06.